The Morgan fingerprint density at radius 2 is 1.97 bits per heavy atom. The Labute approximate surface area is 222 Å². The number of piperazine rings is 1. The van der Waals surface area contributed by atoms with Crippen LogP contribution in [0.15, 0.2) is 36.8 Å². The number of halogens is 1. The maximum absolute atomic E-state index is 16.4. The van der Waals surface area contributed by atoms with E-state index in [9.17, 15) is 0 Å². The minimum atomic E-state index is -0.419. The fraction of sp³-hybridized carbons (Fsp3) is 0.448. The molecular formula is C29H34FN7O. The van der Waals surface area contributed by atoms with E-state index in [1.165, 1.54) is 0 Å². The summed E-state index contributed by atoms with van der Waals surface area (Å²) >= 11 is 0. The molecule has 2 aliphatic rings. The van der Waals surface area contributed by atoms with Crippen LogP contribution in [0.3, 0.4) is 0 Å². The monoisotopic (exact) mass is 515 g/mol. The maximum atomic E-state index is 16.4. The summed E-state index contributed by atoms with van der Waals surface area (Å²) < 4.78 is 22.0. The number of aromatic nitrogens is 4. The van der Waals surface area contributed by atoms with Crippen molar-refractivity contribution in [2.24, 2.45) is 0 Å². The molecular weight excluding hydrogens is 481 g/mol. The lowest BCUT2D eigenvalue weighted by Crippen LogP contribution is -2.44. The number of likely N-dealkylation sites (tertiary alicyclic amines) is 1. The van der Waals surface area contributed by atoms with Crippen LogP contribution in [0.1, 0.15) is 24.2 Å². The Morgan fingerprint density at radius 3 is 2.76 bits per heavy atom. The lowest BCUT2D eigenvalue weighted by molar-refractivity contribution is 0.111. The van der Waals surface area contributed by atoms with Crippen molar-refractivity contribution in [3.63, 3.8) is 0 Å². The second-order valence-corrected chi connectivity index (χ2v) is 10.5. The largest absolute Gasteiger partial charge is 0.380 e. The number of benzene rings is 1. The van der Waals surface area contributed by atoms with E-state index in [1.807, 2.05) is 31.3 Å². The highest BCUT2D eigenvalue weighted by atomic mass is 19.1. The average molecular weight is 516 g/mol. The standard InChI is InChI=1S/C29H34FN7O/c1-18-5-4-6-19-14-32-15-22(25(18)19)27-26(30)28-23(16-33-27)29(37-11-9-31-10-12-37)35-24(34-28)8-7-20-13-21(38-3)17-36(20)2/h4-6,14-16,20-21,31H,7-13,17H2,1-3H3/t20-,21-/m1/s1. The van der Waals surface area contributed by atoms with Gasteiger partial charge in [-0.3, -0.25) is 9.97 Å². The highest BCUT2D eigenvalue weighted by Crippen LogP contribution is 2.35. The van der Waals surface area contributed by atoms with E-state index in [-0.39, 0.29) is 11.8 Å². The third-order valence-corrected chi connectivity index (χ3v) is 8.06. The highest BCUT2D eigenvalue weighted by Gasteiger charge is 2.29. The van der Waals surface area contributed by atoms with Gasteiger partial charge in [0, 0.05) is 81.8 Å². The van der Waals surface area contributed by atoms with Gasteiger partial charge < -0.3 is 19.9 Å². The van der Waals surface area contributed by atoms with Gasteiger partial charge in [-0.05, 0) is 37.8 Å². The van der Waals surface area contributed by atoms with Gasteiger partial charge in [0.2, 0.25) is 0 Å². The third-order valence-electron chi connectivity index (χ3n) is 8.06. The van der Waals surface area contributed by atoms with Crippen molar-refractivity contribution in [1.29, 1.82) is 0 Å². The summed E-state index contributed by atoms with van der Waals surface area (Å²) in [4.78, 5) is 23.4. The number of likely N-dealkylation sites (N-methyl/N-ethyl adjacent to an activating group) is 1. The van der Waals surface area contributed by atoms with E-state index < -0.39 is 5.82 Å². The molecule has 1 N–H and O–H groups in total. The number of methoxy groups -OCH3 is 1. The molecule has 2 atom stereocenters. The summed E-state index contributed by atoms with van der Waals surface area (Å²) in [6, 6.07) is 6.41. The number of hydrogen-bond donors (Lipinski definition) is 1. The first-order chi connectivity index (χ1) is 18.5. The Balaban J connectivity index is 1.44. The molecule has 5 heterocycles. The van der Waals surface area contributed by atoms with Crippen LogP contribution in [0, 0.1) is 12.7 Å². The molecule has 9 heteroatoms. The van der Waals surface area contributed by atoms with Crippen LogP contribution in [0.25, 0.3) is 32.9 Å². The molecule has 1 aromatic carbocycles. The second kappa shape index (κ2) is 10.5. The molecule has 4 aromatic rings. The molecule has 0 spiro atoms. The van der Waals surface area contributed by atoms with Crippen LogP contribution in [-0.4, -0.2) is 83.9 Å². The van der Waals surface area contributed by atoms with E-state index in [0.29, 0.717) is 34.8 Å². The number of aryl methyl sites for hydroxylation is 2. The van der Waals surface area contributed by atoms with Gasteiger partial charge in [0.15, 0.2) is 5.82 Å². The minimum absolute atomic E-state index is 0.253. The van der Waals surface area contributed by atoms with Crippen LogP contribution in [-0.2, 0) is 11.2 Å². The quantitative estimate of drug-likeness (QED) is 0.416. The van der Waals surface area contributed by atoms with Crippen molar-refractivity contribution in [3.8, 4) is 11.3 Å². The van der Waals surface area contributed by atoms with Crippen molar-refractivity contribution < 1.29 is 9.13 Å². The molecule has 8 nitrogen and oxygen atoms in total. The zero-order valence-corrected chi connectivity index (χ0v) is 22.2. The molecule has 2 aliphatic heterocycles. The molecule has 2 saturated heterocycles. The second-order valence-electron chi connectivity index (χ2n) is 10.5. The SMILES string of the molecule is CO[C@@H]1C[C@@H](CCc2nc(N3CCNCC3)c3cnc(-c4cncc5cccc(C)c45)c(F)c3n2)N(C)C1. The molecule has 0 bridgehead atoms. The molecule has 0 amide bonds. The molecule has 198 valence electrons. The van der Waals surface area contributed by atoms with Crippen molar-refractivity contribution in [1.82, 2.24) is 30.2 Å². The van der Waals surface area contributed by atoms with Crippen LogP contribution in [0.4, 0.5) is 10.2 Å². The molecule has 6 rings (SSSR count). The highest BCUT2D eigenvalue weighted by molar-refractivity contribution is 5.99. The molecule has 0 radical (unpaired) electrons. The first-order valence-electron chi connectivity index (χ1n) is 13.4. The van der Waals surface area contributed by atoms with E-state index in [2.05, 4.69) is 32.1 Å². The number of hydrogen-bond acceptors (Lipinski definition) is 8. The molecule has 0 aliphatic carbocycles. The fourth-order valence-electron chi connectivity index (χ4n) is 5.94. The van der Waals surface area contributed by atoms with Crippen molar-refractivity contribution in [2.75, 3.05) is 51.8 Å². The Morgan fingerprint density at radius 1 is 1.13 bits per heavy atom. The van der Waals surface area contributed by atoms with E-state index in [0.717, 1.165) is 67.7 Å². The predicted molar refractivity (Wildman–Crippen MR) is 148 cm³/mol. The van der Waals surface area contributed by atoms with Crippen molar-refractivity contribution in [2.45, 2.75) is 38.3 Å². The van der Waals surface area contributed by atoms with Gasteiger partial charge in [-0.1, -0.05) is 18.2 Å². The summed E-state index contributed by atoms with van der Waals surface area (Å²) in [5.74, 6) is 1.02. The molecule has 0 saturated carbocycles. The van der Waals surface area contributed by atoms with E-state index in [1.54, 1.807) is 19.5 Å². The topological polar surface area (TPSA) is 79.3 Å². The summed E-state index contributed by atoms with van der Waals surface area (Å²) in [6.45, 7) is 6.29. The van der Waals surface area contributed by atoms with Crippen LogP contribution in [0.2, 0.25) is 0 Å². The van der Waals surface area contributed by atoms with E-state index >= 15 is 4.39 Å². The smallest absolute Gasteiger partial charge is 0.175 e. The van der Waals surface area contributed by atoms with Gasteiger partial charge in [0.05, 0.1) is 11.5 Å². The van der Waals surface area contributed by atoms with Gasteiger partial charge in [0.25, 0.3) is 0 Å². The first-order valence-corrected chi connectivity index (χ1v) is 13.4. The lowest BCUT2D eigenvalue weighted by Gasteiger charge is -2.29. The number of anilines is 1. The Kier molecular flexibility index (Phi) is 6.90. The van der Waals surface area contributed by atoms with Crippen LogP contribution in [0.5, 0.6) is 0 Å². The van der Waals surface area contributed by atoms with Gasteiger partial charge >= 0.3 is 0 Å². The van der Waals surface area contributed by atoms with Crippen molar-refractivity contribution >= 4 is 27.5 Å². The summed E-state index contributed by atoms with van der Waals surface area (Å²) in [6.07, 6.45) is 8.06. The minimum Gasteiger partial charge on any atom is -0.380 e. The Hall–Kier alpha value is -3.27. The van der Waals surface area contributed by atoms with Gasteiger partial charge in [-0.2, -0.15) is 0 Å². The van der Waals surface area contributed by atoms with Gasteiger partial charge in [0.1, 0.15) is 22.9 Å². The zero-order valence-electron chi connectivity index (χ0n) is 22.2. The third kappa shape index (κ3) is 4.59. The normalized spacial score (nSPS) is 20.6. The van der Waals surface area contributed by atoms with Crippen LogP contribution >= 0.6 is 0 Å². The summed E-state index contributed by atoms with van der Waals surface area (Å²) in [5, 5.41) is 5.96. The first kappa shape index (κ1) is 25.0. The molecule has 2 fully saturated rings. The zero-order chi connectivity index (χ0) is 26.2. The number of fused-ring (bicyclic) bond motifs is 2. The van der Waals surface area contributed by atoms with Crippen molar-refractivity contribution in [3.05, 3.63) is 54.0 Å². The van der Waals surface area contributed by atoms with Gasteiger partial charge in [-0.25, -0.2) is 14.4 Å². The average Bonchev–Trinajstić information content (AvgIpc) is 3.32. The number of pyridine rings is 2. The molecule has 38 heavy (non-hydrogen) atoms. The number of rotatable bonds is 6. The van der Waals surface area contributed by atoms with Gasteiger partial charge in [-0.15, -0.1) is 0 Å². The maximum Gasteiger partial charge on any atom is 0.175 e. The van der Waals surface area contributed by atoms with E-state index in [4.69, 9.17) is 14.7 Å². The molecule has 0 unspecified atom stereocenters. The predicted octanol–water partition coefficient (Wildman–Crippen LogP) is 3.75. The number of nitrogens with one attached hydrogen (secondary N) is 1. The summed E-state index contributed by atoms with van der Waals surface area (Å²) in [5.41, 5.74) is 2.34. The fourth-order valence-corrected chi connectivity index (χ4v) is 5.94. The lowest BCUT2D eigenvalue weighted by atomic mass is 9.99. The Bertz CT molecular complexity index is 1470. The number of nitrogens with zero attached hydrogens (tertiary/aromatic N) is 6. The number of ether oxygens (including phenoxy) is 1. The molecule has 3 aromatic heterocycles. The van der Waals surface area contributed by atoms with Crippen LogP contribution < -0.4 is 10.2 Å². The summed E-state index contributed by atoms with van der Waals surface area (Å²) in [7, 11) is 3.91.